The third-order valence-electron chi connectivity index (χ3n) is 5.76. The van der Waals surface area contributed by atoms with Crippen molar-refractivity contribution >= 4 is 27.4 Å². The molecule has 172 valence electrons. The third kappa shape index (κ3) is 5.75. The zero-order chi connectivity index (χ0) is 23.0. The van der Waals surface area contributed by atoms with Crippen LogP contribution in [0.15, 0.2) is 73.6 Å². The highest BCUT2D eigenvalue weighted by Crippen LogP contribution is 2.36. The number of benzene rings is 1. The number of ether oxygens (including phenoxy) is 1. The molecule has 2 aromatic heterocycles. The summed E-state index contributed by atoms with van der Waals surface area (Å²) in [4.78, 5) is 12.7. The van der Waals surface area contributed by atoms with Crippen LogP contribution in [0.1, 0.15) is 5.56 Å². The van der Waals surface area contributed by atoms with Crippen molar-refractivity contribution in [1.82, 2.24) is 20.2 Å². The van der Waals surface area contributed by atoms with E-state index in [9.17, 15) is 0 Å². The number of aromatic nitrogens is 2. The van der Waals surface area contributed by atoms with Crippen molar-refractivity contribution in [3.63, 3.8) is 0 Å². The molecule has 3 heterocycles. The fourth-order valence-corrected chi connectivity index (χ4v) is 5.09. The van der Waals surface area contributed by atoms with Crippen molar-refractivity contribution in [2.45, 2.75) is 12.6 Å². The molecule has 0 radical (unpaired) electrons. The second-order valence-corrected chi connectivity index (χ2v) is 9.08. The van der Waals surface area contributed by atoms with E-state index in [0.29, 0.717) is 6.61 Å². The first-order valence-electron chi connectivity index (χ1n) is 11.2. The average Bonchev–Trinajstić information content (AvgIpc) is 3.29. The summed E-state index contributed by atoms with van der Waals surface area (Å²) >= 11 is 1.70. The summed E-state index contributed by atoms with van der Waals surface area (Å²) in [6.07, 6.45) is 7.11. The molecule has 2 N–H and O–H groups in total. The van der Waals surface area contributed by atoms with Crippen LogP contribution in [0.25, 0.3) is 20.7 Å². The predicted octanol–water partition coefficient (Wildman–Crippen LogP) is 4.49. The minimum Gasteiger partial charge on any atom is -0.382 e. The summed E-state index contributed by atoms with van der Waals surface area (Å²) in [5, 5.41) is 6.92. The van der Waals surface area contributed by atoms with Crippen LogP contribution < -0.4 is 10.6 Å². The minimum atomic E-state index is -0.0848. The van der Waals surface area contributed by atoms with E-state index in [1.807, 2.05) is 12.2 Å². The Hall–Kier alpha value is -2.84. The van der Waals surface area contributed by atoms with E-state index in [1.54, 1.807) is 30.8 Å². The van der Waals surface area contributed by atoms with Gasteiger partial charge >= 0.3 is 0 Å². The Morgan fingerprint density at radius 1 is 1.24 bits per heavy atom. The van der Waals surface area contributed by atoms with Gasteiger partial charge < -0.3 is 15.4 Å². The molecule has 0 spiro atoms. The van der Waals surface area contributed by atoms with Gasteiger partial charge in [0.15, 0.2) is 0 Å². The molecular formula is C26H31N5OS. The van der Waals surface area contributed by atoms with Crippen LogP contribution in [-0.4, -0.2) is 60.8 Å². The van der Waals surface area contributed by atoms with Crippen LogP contribution in [0.4, 0.5) is 5.82 Å². The number of nitrogens with zero attached hydrogens (tertiary/aromatic N) is 3. The fraction of sp³-hybridized carbons (Fsp3) is 0.308. The number of hydrogen-bond acceptors (Lipinski definition) is 7. The van der Waals surface area contributed by atoms with Crippen LogP contribution in [0.2, 0.25) is 0 Å². The maximum Gasteiger partial charge on any atom is 0.148 e. The van der Waals surface area contributed by atoms with E-state index < -0.39 is 0 Å². The summed E-state index contributed by atoms with van der Waals surface area (Å²) < 4.78 is 6.45. The molecule has 6 nitrogen and oxygen atoms in total. The van der Waals surface area contributed by atoms with E-state index >= 15 is 0 Å². The molecule has 33 heavy (non-hydrogen) atoms. The fourth-order valence-electron chi connectivity index (χ4n) is 4.02. The molecule has 0 unspecified atom stereocenters. The SMILES string of the molecule is C=C/C=C(\C=C)[C@@H](COC)Nc1ncnc2cc(-c3ccc(CN4CCNCC4)cc3)sc12. The second-order valence-electron chi connectivity index (χ2n) is 8.03. The van der Waals surface area contributed by atoms with E-state index in [4.69, 9.17) is 4.74 Å². The monoisotopic (exact) mass is 461 g/mol. The Balaban J connectivity index is 1.56. The van der Waals surface area contributed by atoms with Crippen molar-refractivity contribution < 1.29 is 4.74 Å². The molecule has 1 aliphatic rings. The third-order valence-corrected chi connectivity index (χ3v) is 6.94. The second kappa shape index (κ2) is 11.3. The highest BCUT2D eigenvalue weighted by Gasteiger charge is 2.17. The van der Waals surface area contributed by atoms with Crippen molar-refractivity contribution in [2.75, 3.05) is 45.2 Å². The van der Waals surface area contributed by atoms with Gasteiger partial charge in [0.05, 0.1) is 22.9 Å². The maximum absolute atomic E-state index is 5.43. The first-order valence-corrected chi connectivity index (χ1v) is 12.0. The molecular weight excluding hydrogens is 430 g/mol. The molecule has 1 aromatic carbocycles. The normalized spacial score (nSPS) is 16.0. The molecule has 0 saturated carbocycles. The summed E-state index contributed by atoms with van der Waals surface area (Å²) in [5.41, 5.74) is 4.47. The molecule has 7 heteroatoms. The van der Waals surface area contributed by atoms with Gasteiger partial charge in [-0.1, -0.05) is 55.7 Å². The zero-order valence-corrected chi connectivity index (χ0v) is 19.9. The average molecular weight is 462 g/mol. The standard InChI is InChI=1S/C26H31N5OS/c1-4-6-20(5-2)23(17-32-3)30-26-25-22(28-18-29-26)15-24(33-25)21-9-7-19(8-10-21)16-31-13-11-27-12-14-31/h4-10,15,18,23,27H,1-2,11-14,16-17H2,3H3,(H,28,29,30)/b20-6+/t23-/m1/s1. The summed E-state index contributed by atoms with van der Waals surface area (Å²) in [7, 11) is 1.69. The number of fused-ring (bicyclic) bond motifs is 1. The number of piperazine rings is 1. The lowest BCUT2D eigenvalue weighted by Gasteiger charge is -2.27. The highest BCUT2D eigenvalue weighted by molar-refractivity contribution is 7.22. The van der Waals surface area contributed by atoms with E-state index in [1.165, 1.54) is 16.0 Å². The number of allylic oxidation sites excluding steroid dienone is 2. The molecule has 4 rings (SSSR count). The van der Waals surface area contributed by atoms with Gasteiger partial charge in [0, 0.05) is 44.7 Å². The number of thiophene rings is 1. The van der Waals surface area contributed by atoms with Crippen molar-refractivity contribution in [1.29, 1.82) is 0 Å². The summed E-state index contributed by atoms with van der Waals surface area (Å²) in [5.74, 6) is 0.797. The largest absolute Gasteiger partial charge is 0.382 e. The lowest BCUT2D eigenvalue weighted by Crippen LogP contribution is -2.42. The van der Waals surface area contributed by atoms with Crippen LogP contribution in [-0.2, 0) is 11.3 Å². The highest BCUT2D eigenvalue weighted by atomic mass is 32.1. The molecule has 3 aromatic rings. The van der Waals surface area contributed by atoms with E-state index in [0.717, 1.165) is 54.3 Å². The first-order chi connectivity index (χ1) is 16.2. The minimum absolute atomic E-state index is 0.0848. The van der Waals surface area contributed by atoms with E-state index in [-0.39, 0.29) is 6.04 Å². The summed E-state index contributed by atoms with van der Waals surface area (Å²) in [6.45, 7) is 13.6. The predicted molar refractivity (Wildman–Crippen MR) is 139 cm³/mol. The Bertz CT molecular complexity index is 1120. The smallest absolute Gasteiger partial charge is 0.148 e. The number of anilines is 1. The molecule has 1 atom stereocenters. The molecule has 1 aliphatic heterocycles. The van der Waals surface area contributed by atoms with Gasteiger partial charge in [-0.05, 0) is 22.8 Å². The van der Waals surface area contributed by atoms with E-state index in [2.05, 4.69) is 69.0 Å². The Labute approximate surface area is 199 Å². The van der Waals surface area contributed by atoms with Crippen LogP contribution >= 0.6 is 11.3 Å². The molecule has 1 fully saturated rings. The van der Waals surface area contributed by atoms with Crippen LogP contribution in [0, 0.1) is 0 Å². The van der Waals surface area contributed by atoms with Gasteiger partial charge in [-0.3, -0.25) is 4.90 Å². The molecule has 0 aliphatic carbocycles. The summed E-state index contributed by atoms with van der Waals surface area (Å²) in [6, 6.07) is 10.9. The van der Waals surface area contributed by atoms with Crippen LogP contribution in [0.3, 0.4) is 0 Å². The topological polar surface area (TPSA) is 62.3 Å². The lowest BCUT2D eigenvalue weighted by atomic mass is 10.1. The quantitative estimate of drug-likeness (QED) is 0.434. The first kappa shape index (κ1) is 23.3. The van der Waals surface area contributed by atoms with Gasteiger partial charge in [-0.25, -0.2) is 9.97 Å². The van der Waals surface area contributed by atoms with Crippen molar-refractivity contribution in [3.05, 3.63) is 79.2 Å². The Morgan fingerprint density at radius 2 is 2.03 bits per heavy atom. The number of nitrogens with one attached hydrogen (secondary N) is 2. The Kier molecular flexibility index (Phi) is 8.01. The van der Waals surface area contributed by atoms with Crippen LogP contribution in [0.5, 0.6) is 0 Å². The van der Waals surface area contributed by atoms with Gasteiger partial charge in [0.2, 0.25) is 0 Å². The Morgan fingerprint density at radius 3 is 2.73 bits per heavy atom. The molecule has 1 saturated heterocycles. The van der Waals surface area contributed by atoms with Crippen molar-refractivity contribution in [3.8, 4) is 10.4 Å². The van der Waals surface area contributed by atoms with Crippen molar-refractivity contribution in [2.24, 2.45) is 0 Å². The number of hydrogen-bond donors (Lipinski definition) is 2. The zero-order valence-electron chi connectivity index (χ0n) is 19.1. The van der Waals surface area contributed by atoms with Gasteiger partial charge in [0.25, 0.3) is 0 Å². The van der Waals surface area contributed by atoms with Gasteiger partial charge in [0.1, 0.15) is 12.1 Å². The number of rotatable bonds is 10. The number of methoxy groups -OCH3 is 1. The maximum atomic E-state index is 5.43. The molecule has 0 bridgehead atoms. The van der Waals surface area contributed by atoms with Gasteiger partial charge in [-0.15, -0.1) is 11.3 Å². The molecule has 0 amide bonds. The van der Waals surface area contributed by atoms with Gasteiger partial charge in [-0.2, -0.15) is 0 Å². The lowest BCUT2D eigenvalue weighted by molar-refractivity contribution is 0.194.